The molecule has 0 N–H and O–H groups in total. The highest BCUT2D eigenvalue weighted by Gasteiger charge is 2.03. The fourth-order valence-corrected chi connectivity index (χ4v) is 1.73. The molecule has 17 heavy (non-hydrogen) atoms. The number of halogens is 1. The van der Waals surface area contributed by atoms with Crippen molar-refractivity contribution in [3.05, 3.63) is 34.9 Å². The molecule has 0 fully saturated rings. The smallest absolute Gasteiger partial charge is 0.113 e. The molecule has 0 spiro atoms. The maximum absolute atomic E-state index is 4.17. The van der Waals surface area contributed by atoms with E-state index in [1.165, 1.54) is 0 Å². The van der Waals surface area contributed by atoms with E-state index in [4.69, 9.17) is 0 Å². The topological polar surface area (TPSA) is 34.0 Å². The van der Waals surface area contributed by atoms with Crippen molar-refractivity contribution < 1.29 is 0 Å². The molecular formula is C12H15BrN4. The second-order valence-electron chi connectivity index (χ2n) is 4.18. The maximum atomic E-state index is 4.17. The lowest BCUT2D eigenvalue weighted by Crippen LogP contribution is -2.18. The minimum atomic E-state index is 0.858. The van der Waals surface area contributed by atoms with Crippen molar-refractivity contribution in [2.24, 2.45) is 0 Å². The molecule has 0 atom stereocenters. The first-order valence-electron chi connectivity index (χ1n) is 5.46. The number of rotatable bonds is 4. The SMILES string of the molecule is CN(C)CCn1cc(-c2ccc(Br)cc2)nn1. The van der Waals surface area contributed by atoms with E-state index >= 15 is 0 Å². The summed E-state index contributed by atoms with van der Waals surface area (Å²) in [6.45, 7) is 1.82. The normalized spacial score (nSPS) is 11.1. The van der Waals surface area contributed by atoms with Gasteiger partial charge in [-0.25, -0.2) is 0 Å². The van der Waals surface area contributed by atoms with Crippen LogP contribution in [-0.4, -0.2) is 40.5 Å². The van der Waals surface area contributed by atoms with Crippen LogP contribution in [0.15, 0.2) is 34.9 Å². The average Bonchev–Trinajstić information content (AvgIpc) is 2.76. The van der Waals surface area contributed by atoms with E-state index in [2.05, 4.69) is 31.1 Å². The molecular weight excluding hydrogens is 280 g/mol. The fourth-order valence-electron chi connectivity index (χ4n) is 1.46. The Morgan fingerprint density at radius 1 is 1.24 bits per heavy atom. The molecule has 0 radical (unpaired) electrons. The van der Waals surface area contributed by atoms with E-state index in [1.807, 2.05) is 49.2 Å². The zero-order valence-corrected chi connectivity index (χ0v) is 11.6. The number of aromatic nitrogens is 3. The summed E-state index contributed by atoms with van der Waals surface area (Å²) in [4.78, 5) is 2.13. The van der Waals surface area contributed by atoms with Gasteiger partial charge in [0.25, 0.3) is 0 Å². The molecule has 2 rings (SSSR count). The van der Waals surface area contributed by atoms with Gasteiger partial charge in [-0.2, -0.15) is 0 Å². The molecule has 2 aromatic rings. The highest BCUT2D eigenvalue weighted by atomic mass is 79.9. The number of hydrogen-bond acceptors (Lipinski definition) is 3. The van der Waals surface area contributed by atoms with Crippen LogP contribution < -0.4 is 0 Å². The molecule has 0 amide bonds. The van der Waals surface area contributed by atoms with Gasteiger partial charge in [0.15, 0.2) is 0 Å². The molecule has 0 aliphatic rings. The summed E-state index contributed by atoms with van der Waals surface area (Å²) < 4.78 is 2.94. The van der Waals surface area contributed by atoms with E-state index in [0.717, 1.165) is 28.8 Å². The number of hydrogen-bond donors (Lipinski definition) is 0. The molecule has 1 aromatic carbocycles. The Kier molecular flexibility index (Phi) is 3.91. The minimum Gasteiger partial charge on any atom is -0.308 e. The van der Waals surface area contributed by atoms with Crippen molar-refractivity contribution in [1.82, 2.24) is 19.9 Å². The van der Waals surface area contributed by atoms with Crippen molar-refractivity contribution in [2.45, 2.75) is 6.54 Å². The minimum absolute atomic E-state index is 0.858. The van der Waals surface area contributed by atoms with Crippen molar-refractivity contribution in [3.63, 3.8) is 0 Å². The van der Waals surface area contributed by atoms with Gasteiger partial charge in [0.2, 0.25) is 0 Å². The van der Waals surface area contributed by atoms with Gasteiger partial charge < -0.3 is 4.90 Å². The van der Waals surface area contributed by atoms with Gasteiger partial charge in [-0.3, -0.25) is 4.68 Å². The Balaban J connectivity index is 2.10. The molecule has 5 heteroatoms. The molecule has 0 unspecified atom stereocenters. The van der Waals surface area contributed by atoms with E-state index < -0.39 is 0 Å². The van der Waals surface area contributed by atoms with Crippen LogP contribution in [0.3, 0.4) is 0 Å². The monoisotopic (exact) mass is 294 g/mol. The summed E-state index contributed by atoms with van der Waals surface area (Å²) in [6, 6.07) is 8.08. The van der Waals surface area contributed by atoms with Gasteiger partial charge >= 0.3 is 0 Å². The van der Waals surface area contributed by atoms with Crippen LogP contribution in [0.25, 0.3) is 11.3 Å². The molecule has 0 saturated carbocycles. The van der Waals surface area contributed by atoms with Gasteiger partial charge in [0.05, 0.1) is 12.7 Å². The molecule has 1 aromatic heterocycles. The Bertz CT molecular complexity index is 476. The van der Waals surface area contributed by atoms with Crippen LogP contribution in [0.2, 0.25) is 0 Å². The first kappa shape index (κ1) is 12.3. The molecule has 0 aliphatic carbocycles. The van der Waals surface area contributed by atoms with Crippen molar-refractivity contribution in [1.29, 1.82) is 0 Å². The molecule has 90 valence electrons. The summed E-state index contributed by atoms with van der Waals surface area (Å²) in [5.74, 6) is 0. The van der Waals surface area contributed by atoms with Crippen LogP contribution in [0.5, 0.6) is 0 Å². The standard InChI is InChI=1S/C12H15BrN4/c1-16(2)7-8-17-9-12(14-15-17)10-3-5-11(13)6-4-10/h3-6,9H,7-8H2,1-2H3. The largest absolute Gasteiger partial charge is 0.308 e. The third kappa shape index (κ3) is 3.38. The first-order chi connectivity index (χ1) is 8.15. The molecule has 0 saturated heterocycles. The second-order valence-corrected chi connectivity index (χ2v) is 5.09. The molecule has 1 heterocycles. The van der Waals surface area contributed by atoms with Crippen molar-refractivity contribution in [3.8, 4) is 11.3 Å². The van der Waals surface area contributed by atoms with E-state index in [1.54, 1.807) is 0 Å². The summed E-state index contributed by atoms with van der Waals surface area (Å²) in [5, 5.41) is 8.29. The lowest BCUT2D eigenvalue weighted by molar-refractivity contribution is 0.370. The fraction of sp³-hybridized carbons (Fsp3) is 0.333. The lowest BCUT2D eigenvalue weighted by atomic mass is 10.2. The Morgan fingerprint density at radius 2 is 1.94 bits per heavy atom. The van der Waals surface area contributed by atoms with Gasteiger partial charge in [-0.1, -0.05) is 33.3 Å². The lowest BCUT2D eigenvalue weighted by Gasteiger charge is -2.07. The quantitative estimate of drug-likeness (QED) is 0.867. The van der Waals surface area contributed by atoms with Crippen molar-refractivity contribution >= 4 is 15.9 Å². The highest BCUT2D eigenvalue weighted by Crippen LogP contribution is 2.19. The predicted octanol–water partition coefficient (Wildman–Crippen LogP) is 2.27. The molecule has 4 nitrogen and oxygen atoms in total. The summed E-state index contributed by atoms with van der Waals surface area (Å²) >= 11 is 3.42. The summed E-state index contributed by atoms with van der Waals surface area (Å²) in [7, 11) is 4.10. The third-order valence-electron chi connectivity index (χ3n) is 2.45. The molecule has 0 bridgehead atoms. The van der Waals surface area contributed by atoms with Crippen LogP contribution in [-0.2, 0) is 6.54 Å². The van der Waals surface area contributed by atoms with Gasteiger partial charge in [0.1, 0.15) is 5.69 Å². The second kappa shape index (κ2) is 5.42. The zero-order valence-electron chi connectivity index (χ0n) is 9.97. The van der Waals surface area contributed by atoms with Crippen molar-refractivity contribution in [2.75, 3.05) is 20.6 Å². The van der Waals surface area contributed by atoms with Crippen LogP contribution in [0.4, 0.5) is 0 Å². The van der Waals surface area contributed by atoms with E-state index in [-0.39, 0.29) is 0 Å². The van der Waals surface area contributed by atoms with Gasteiger partial charge in [-0.05, 0) is 26.2 Å². The Labute approximate surface area is 109 Å². The average molecular weight is 295 g/mol. The van der Waals surface area contributed by atoms with E-state index in [0.29, 0.717) is 0 Å². The first-order valence-corrected chi connectivity index (χ1v) is 6.25. The Morgan fingerprint density at radius 3 is 2.59 bits per heavy atom. The summed E-state index contributed by atoms with van der Waals surface area (Å²) in [5.41, 5.74) is 2.00. The number of likely N-dealkylation sites (N-methyl/N-ethyl adjacent to an activating group) is 1. The Hall–Kier alpha value is -1.20. The zero-order chi connectivity index (χ0) is 12.3. The highest BCUT2D eigenvalue weighted by molar-refractivity contribution is 9.10. The third-order valence-corrected chi connectivity index (χ3v) is 2.98. The predicted molar refractivity (Wildman–Crippen MR) is 71.7 cm³/mol. The van der Waals surface area contributed by atoms with Gasteiger partial charge in [-0.15, -0.1) is 5.10 Å². The van der Waals surface area contributed by atoms with Crippen LogP contribution in [0, 0.1) is 0 Å². The van der Waals surface area contributed by atoms with E-state index in [9.17, 15) is 0 Å². The van der Waals surface area contributed by atoms with Crippen LogP contribution in [0.1, 0.15) is 0 Å². The maximum Gasteiger partial charge on any atom is 0.113 e. The van der Waals surface area contributed by atoms with Crippen LogP contribution >= 0.6 is 15.9 Å². The number of nitrogens with zero attached hydrogens (tertiary/aromatic N) is 4. The number of benzene rings is 1. The van der Waals surface area contributed by atoms with Gasteiger partial charge in [0, 0.05) is 16.6 Å². The molecule has 0 aliphatic heterocycles. The summed E-state index contributed by atoms with van der Waals surface area (Å²) in [6.07, 6.45) is 1.98.